The van der Waals surface area contributed by atoms with Crippen molar-refractivity contribution in [3.8, 4) is 0 Å². The van der Waals surface area contributed by atoms with Gasteiger partial charge in [-0.2, -0.15) is 0 Å². The molecule has 0 spiro atoms. The molecule has 2 fully saturated rings. The standard InChI is InChI=1S/C14H24O5/c1-9-11(18-13(2,3)16-9)12-10(7-6-8-15)17-14(4,5)19-12/h6-7,9-12,15H,8H2,1-5H3/b7-6+/t9-,10+,11-,12-/m0/s1. The van der Waals surface area contributed by atoms with Crippen LogP contribution in [0.5, 0.6) is 0 Å². The summed E-state index contributed by atoms with van der Waals surface area (Å²) >= 11 is 0. The van der Waals surface area contributed by atoms with Gasteiger partial charge in [-0.15, -0.1) is 0 Å². The van der Waals surface area contributed by atoms with Gasteiger partial charge < -0.3 is 24.1 Å². The third kappa shape index (κ3) is 3.35. The zero-order valence-corrected chi connectivity index (χ0v) is 12.3. The van der Waals surface area contributed by atoms with E-state index in [0.29, 0.717) is 0 Å². The molecule has 110 valence electrons. The maximum atomic E-state index is 8.90. The van der Waals surface area contributed by atoms with Crippen LogP contribution in [0.25, 0.3) is 0 Å². The Hall–Kier alpha value is -0.460. The molecule has 0 aliphatic carbocycles. The maximum absolute atomic E-state index is 8.90. The Balaban J connectivity index is 2.15. The average Bonchev–Trinajstić information content (AvgIpc) is 2.71. The van der Waals surface area contributed by atoms with Crippen molar-refractivity contribution in [2.45, 2.75) is 70.6 Å². The topological polar surface area (TPSA) is 57.2 Å². The zero-order chi connectivity index (χ0) is 14.3. The van der Waals surface area contributed by atoms with Crippen molar-refractivity contribution in [1.29, 1.82) is 0 Å². The molecule has 2 aliphatic heterocycles. The fourth-order valence-corrected chi connectivity index (χ4v) is 2.72. The number of aliphatic hydroxyl groups excluding tert-OH is 1. The molecule has 1 N–H and O–H groups in total. The molecule has 0 aromatic heterocycles. The Labute approximate surface area is 114 Å². The average molecular weight is 272 g/mol. The molecule has 0 aromatic rings. The highest BCUT2D eigenvalue weighted by molar-refractivity contribution is 5.03. The van der Waals surface area contributed by atoms with Gasteiger partial charge in [0, 0.05) is 0 Å². The van der Waals surface area contributed by atoms with Crippen LogP contribution >= 0.6 is 0 Å². The molecule has 0 amide bonds. The van der Waals surface area contributed by atoms with E-state index < -0.39 is 11.6 Å². The Morgan fingerprint density at radius 1 is 0.947 bits per heavy atom. The predicted molar refractivity (Wildman–Crippen MR) is 69.5 cm³/mol. The van der Waals surface area contributed by atoms with Crippen molar-refractivity contribution >= 4 is 0 Å². The van der Waals surface area contributed by atoms with Crippen LogP contribution in [0.3, 0.4) is 0 Å². The van der Waals surface area contributed by atoms with Crippen molar-refractivity contribution < 1.29 is 24.1 Å². The quantitative estimate of drug-likeness (QED) is 0.791. The molecule has 0 saturated carbocycles. The first-order valence-electron chi connectivity index (χ1n) is 6.73. The van der Waals surface area contributed by atoms with Crippen molar-refractivity contribution in [2.75, 3.05) is 6.61 Å². The van der Waals surface area contributed by atoms with Gasteiger partial charge in [0.1, 0.15) is 18.3 Å². The van der Waals surface area contributed by atoms with Crippen LogP contribution in [0, 0.1) is 0 Å². The van der Waals surface area contributed by atoms with E-state index in [2.05, 4.69) is 0 Å². The van der Waals surface area contributed by atoms with Gasteiger partial charge in [-0.25, -0.2) is 0 Å². The Bertz CT molecular complexity index is 350. The van der Waals surface area contributed by atoms with Crippen LogP contribution in [0.4, 0.5) is 0 Å². The van der Waals surface area contributed by atoms with Crippen LogP contribution < -0.4 is 0 Å². The van der Waals surface area contributed by atoms with Crippen molar-refractivity contribution in [3.05, 3.63) is 12.2 Å². The lowest BCUT2D eigenvalue weighted by molar-refractivity contribution is -0.174. The van der Waals surface area contributed by atoms with E-state index in [4.69, 9.17) is 24.1 Å². The highest BCUT2D eigenvalue weighted by Gasteiger charge is 2.51. The lowest BCUT2D eigenvalue weighted by Crippen LogP contribution is -2.40. The fraction of sp³-hybridized carbons (Fsp3) is 0.857. The Morgan fingerprint density at radius 3 is 2.05 bits per heavy atom. The van der Waals surface area contributed by atoms with Gasteiger partial charge in [0.15, 0.2) is 11.6 Å². The first-order valence-corrected chi connectivity index (χ1v) is 6.73. The molecular weight excluding hydrogens is 248 g/mol. The number of hydrogen-bond acceptors (Lipinski definition) is 5. The summed E-state index contributed by atoms with van der Waals surface area (Å²) in [5.41, 5.74) is 0. The lowest BCUT2D eigenvalue weighted by Gasteiger charge is -2.24. The van der Waals surface area contributed by atoms with Crippen molar-refractivity contribution in [2.24, 2.45) is 0 Å². The zero-order valence-electron chi connectivity index (χ0n) is 12.3. The predicted octanol–water partition coefficient (Wildman–Crippen LogP) is 1.59. The van der Waals surface area contributed by atoms with Gasteiger partial charge in [-0.3, -0.25) is 0 Å². The van der Waals surface area contributed by atoms with Crippen LogP contribution in [0.1, 0.15) is 34.6 Å². The summed E-state index contributed by atoms with van der Waals surface area (Å²) < 4.78 is 23.5. The maximum Gasteiger partial charge on any atom is 0.164 e. The second-order valence-corrected chi connectivity index (χ2v) is 5.98. The molecule has 2 rings (SSSR count). The molecule has 0 bridgehead atoms. The minimum Gasteiger partial charge on any atom is -0.392 e. The van der Waals surface area contributed by atoms with E-state index in [9.17, 15) is 0 Å². The van der Waals surface area contributed by atoms with Crippen molar-refractivity contribution in [1.82, 2.24) is 0 Å². The first kappa shape index (κ1) is 14.9. The smallest absolute Gasteiger partial charge is 0.164 e. The van der Waals surface area contributed by atoms with E-state index >= 15 is 0 Å². The normalized spacial score (nSPS) is 41.2. The summed E-state index contributed by atoms with van der Waals surface area (Å²) in [5, 5.41) is 8.90. The first-order chi connectivity index (χ1) is 8.74. The monoisotopic (exact) mass is 272 g/mol. The number of aliphatic hydroxyl groups is 1. The molecule has 2 saturated heterocycles. The molecule has 19 heavy (non-hydrogen) atoms. The number of ether oxygens (including phenoxy) is 4. The van der Waals surface area contributed by atoms with Gasteiger partial charge in [0.25, 0.3) is 0 Å². The fourth-order valence-electron chi connectivity index (χ4n) is 2.72. The van der Waals surface area contributed by atoms with Crippen LogP contribution in [-0.2, 0) is 18.9 Å². The highest BCUT2D eigenvalue weighted by atomic mass is 16.8. The minimum atomic E-state index is -0.662. The van der Waals surface area contributed by atoms with Crippen molar-refractivity contribution in [3.63, 3.8) is 0 Å². The Kier molecular flexibility index (Phi) is 4.05. The molecule has 0 aromatic carbocycles. The van der Waals surface area contributed by atoms with E-state index in [1.807, 2.05) is 40.7 Å². The second kappa shape index (κ2) is 5.14. The van der Waals surface area contributed by atoms with Gasteiger partial charge in [-0.1, -0.05) is 12.2 Å². The minimum absolute atomic E-state index is 0.0178. The SMILES string of the molecule is C[C@@H]1OC(C)(C)O[C@@H]1[C@H]1OC(C)(C)O[C@@H]1/C=C/CO. The molecular formula is C14H24O5. The molecule has 2 aliphatic rings. The largest absolute Gasteiger partial charge is 0.392 e. The summed E-state index contributed by atoms with van der Waals surface area (Å²) in [6.45, 7) is 9.49. The Morgan fingerprint density at radius 2 is 1.53 bits per heavy atom. The molecule has 0 radical (unpaired) electrons. The van der Waals surface area contributed by atoms with Crippen LogP contribution in [-0.4, -0.2) is 47.7 Å². The molecule has 2 heterocycles. The van der Waals surface area contributed by atoms with Gasteiger partial charge in [-0.05, 0) is 34.6 Å². The lowest BCUT2D eigenvalue weighted by atomic mass is 10.0. The van der Waals surface area contributed by atoms with Gasteiger partial charge in [0.05, 0.1) is 12.7 Å². The summed E-state index contributed by atoms with van der Waals surface area (Å²) in [7, 11) is 0. The van der Waals surface area contributed by atoms with E-state index in [-0.39, 0.29) is 31.0 Å². The van der Waals surface area contributed by atoms with Crippen LogP contribution in [0.2, 0.25) is 0 Å². The summed E-state index contributed by atoms with van der Waals surface area (Å²) in [6, 6.07) is 0. The second-order valence-electron chi connectivity index (χ2n) is 5.98. The number of hydrogen-bond donors (Lipinski definition) is 1. The van der Waals surface area contributed by atoms with E-state index in [1.54, 1.807) is 6.08 Å². The molecule has 5 nitrogen and oxygen atoms in total. The molecule has 5 heteroatoms. The molecule has 0 unspecified atom stereocenters. The summed E-state index contributed by atoms with van der Waals surface area (Å²) in [4.78, 5) is 0. The third-order valence-electron chi connectivity index (χ3n) is 3.27. The molecule has 4 atom stereocenters. The highest BCUT2D eigenvalue weighted by Crippen LogP contribution is 2.38. The summed E-state index contributed by atoms with van der Waals surface area (Å²) in [5.74, 6) is -1.27. The van der Waals surface area contributed by atoms with E-state index in [1.165, 1.54) is 0 Å². The van der Waals surface area contributed by atoms with Gasteiger partial charge >= 0.3 is 0 Å². The van der Waals surface area contributed by atoms with Gasteiger partial charge in [0.2, 0.25) is 0 Å². The van der Waals surface area contributed by atoms with Crippen LogP contribution in [0.15, 0.2) is 12.2 Å². The third-order valence-corrected chi connectivity index (χ3v) is 3.27. The van der Waals surface area contributed by atoms with E-state index in [0.717, 1.165) is 0 Å². The number of rotatable bonds is 3. The summed E-state index contributed by atoms with van der Waals surface area (Å²) in [6.07, 6.45) is 2.74.